The number of aryl methyl sites for hydroxylation is 1. The number of thiophene rings is 1. The molecule has 1 atom stereocenters. The van der Waals surface area contributed by atoms with E-state index >= 15 is 0 Å². The third-order valence-corrected chi connectivity index (χ3v) is 16.8. The van der Waals surface area contributed by atoms with Gasteiger partial charge >= 0.3 is 18.2 Å². The molecule has 67 heavy (non-hydrogen) atoms. The fourth-order valence-electron chi connectivity index (χ4n) is 9.98. The molecule has 5 aromatic rings. The fourth-order valence-corrected chi connectivity index (χ4v) is 13.1. The van der Waals surface area contributed by atoms with Crippen LogP contribution in [0.4, 0.5) is 40.1 Å². The van der Waals surface area contributed by atoms with Crippen LogP contribution in [-0.2, 0) is 39.3 Å². The number of fused-ring (bicyclic) bond motifs is 1. The van der Waals surface area contributed by atoms with Crippen LogP contribution < -0.4 is 14.3 Å². The number of piperazine rings is 1. The van der Waals surface area contributed by atoms with Gasteiger partial charge in [-0.1, -0.05) is 24.3 Å². The minimum atomic E-state index is -4.57. The number of alkyl halides is 3. The maximum atomic E-state index is 14.1. The summed E-state index contributed by atoms with van der Waals surface area (Å²) in [5, 5.41) is 9.58. The largest absolute Gasteiger partial charge is 0.416 e. The van der Waals surface area contributed by atoms with Gasteiger partial charge in [-0.15, -0.1) is 21.5 Å². The van der Waals surface area contributed by atoms with Crippen molar-refractivity contribution in [2.75, 3.05) is 91.8 Å². The van der Waals surface area contributed by atoms with Crippen LogP contribution in [0.3, 0.4) is 0 Å². The van der Waals surface area contributed by atoms with E-state index in [0.29, 0.717) is 71.0 Å². The molecule has 9 rings (SSSR count). The summed E-state index contributed by atoms with van der Waals surface area (Å²) >= 11 is 1.80. The molecule has 0 saturated carbocycles. The number of sulfonamides is 2. The first-order valence-electron chi connectivity index (χ1n) is 22.3. The predicted molar refractivity (Wildman–Crippen MR) is 250 cm³/mol. The van der Waals surface area contributed by atoms with Gasteiger partial charge < -0.3 is 14.7 Å². The Bertz CT molecular complexity index is 2870. The number of nitrogens with zero attached hydrogens (tertiary/aromatic N) is 9. The van der Waals surface area contributed by atoms with Crippen LogP contribution in [0.5, 0.6) is 0 Å². The van der Waals surface area contributed by atoms with Gasteiger partial charge in [0.25, 0.3) is 0 Å². The van der Waals surface area contributed by atoms with E-state index in [1.54, 1.807) is 21.1 Å². The van der Waals surface area contributed by atoms with Crippen molar-refractivity contribution in [3.8, 4) is 0 Å². The van der Waals surface area contributed by atoms with Crippen LogP contribution >= 0.6 is 11.3 Å². The molecule has 7 heterocycles. The molecule has 2 amide bonds. The lowest BCUT2D eigenvalue weighted by atomic mass is 9.78. The van der Waals surface area contributed by atoms with Crippen molar-refractivity contribution in [3.05, 3.63) is 88.6 Å². The Morgan fingerprint density at radius 2 is 1.43 bits per heavy atom. The zero-order valence-electron chi connectivity index (χ0n) is 37.3. The van der Waals surface area contributed by atoms with Gasteiger partial charge in [0.2, 0.25) is 20.0 Å². The van der Waals surface area contributed by atoms with E-state index in [1.807, 2.05) is 17.0 Å². The molecule has 360 valence electrons. The molecule has 17 nitrogen and oxygen atoms in total. The van der Waals surface area contributed by atoms with Crippen molar-refractivity contribution in [3.63, 3.8) is 0 Å². The second-order valence-electron chi connectivity index (χ2n) is 18.4. The number of nitrogens with one attached hydrogen (secondary N) is 2. The van der Waals surface area contributed by atoms with Gasteiger partial charge in [0.15, 0.2) is 11.6 Å². The first-order valence-corrected chi connectivity index (χ1v) is 26.7. The van der Waals surface area contributed by atoms with Crippen LogP contribution in [-0.4, -0.2) is 146 Å². The van der Waals surface area contributed by atoms with Crippen LogP contribution in [0.1, 0.15) is 47.3 Å². The fraction of sp³-hybridized carbons (Fsp3) is 0.500. The average molecular weight is 986 g/mol. The number of carbonyl (C=O) groups is 2. The Hall–Kier alpha value is -5.23. The monoisotopic (exact) mass is 985 g/mol. The molecule has 4 aliphatic heterocycles. The topological polar surface area (TPSA) is 178 Å². The van der Waals surface area contributed by atoms with E-state index < -0.39 is 31.8 Å². The molecule has 0 bridgehead atoms. The van der Waals surface area contributed by atoms with Gasteiger partial charge in [-0.05, 0) is 85.2 Å². The van der Waals surface area contributed by atoms with E-state index in [4.69, 9.17) is 0 Å². The maximum Gasteiger partial charge on any atom is 0.416 e. The van der Waals surface area contributed by atoms with Crippen molar-refractivity contribution in [1.82, 2.24) is 39.2 Å². The molecule has 2 aromatic carbocycles. The standard InChI is InChI=1S/C44H54F3N11O6S3/c1-31-35-5-3-4-6-37(35)65-38(31)28-52-21-23-55(24-22-52)42(60)58-17-11-40(49-58)51-67(63,64)29-32-9-15-56(26-32)36-25-34(44(45,46)47)8-7-33(36)27-53-18-12-43(30-53)13-19-54(20-14-43)41(59)57-16-10-39(48-57)50-66(2,61)62/h3-8,10-11,16-17,25,32H,9,12-15,18-24,26-30H2,1-2H3,(H,48,50)(H,49,51). The summed E-state index contributed by atoms with van der Waals surface area (Å²) in [7, 11) is -7.49. The lowest BCUT2D eigenvalue weighted by molar-refractivity contribution is -0.137. The highest BCUT2D eigenvalue weighted by molar-refractivity contribution is 7.92. The van der Waals surface area contributed by atoms with Gasteiger partial charge in [0, 0.05) is 112 Å². The first kappa shape index (κ1) is 46.9. The number of hydrogen-bond acceptors (Lipinski definition) is 12. The molecule has 0 aliphatic carbocycles. The minimum Gasteiger partial charge on any atom is -0.371 e. The number of carbonyl (C=O) groups excluding carboxylic acids is 2. The zero-order valence-corrected chi connectivity index (χ0v) is 39.7. The van der Waals surface area contributed by atoms with Crippen molar-refractivity contribution >= 4 is 70.9 Å². The third-order valence-electron chi connectivity index (χ3n) is 13.6. The lowest BCUT2D eigenvalue weighted by Gasteiger charge is -2.39. The highest BCUT2D eigenvalue weighted by atomic mass is 32.2. The number of amides is 2. The smallest absolute Gasteiger partial charge is 0.371 e. The van der Waals surface area contributed by atoms with Crippen LogP contribution in [0.2, 0.25) is 0 Å². The molecule has 0 radical (unpaired) electrons. The number of benzene rings is 2. The van der Waals surface area contributed by atoms with Gasteiger partial charge in [-0.2, -0.15) is 22.5 Å². The Morgan fingerprint density at radius 3 is 2.09 bits per heavy atom. The Kier molecular flexibility index (Phi) is 12.8. The Labute approximate surface area is 391 Å². The third kappa shape index (κ3) is 10.7. The van der Waals surface area contributed by atoms with E-state index in [-0.39, 0.29) is 47.3 Å². The minimum absolute atomic E-state index is 0.0129. The average Bonchev–Trinajstić information content (AvgIpc) is 4.14. The summed E-state index contributed by atoms with van der Waals surface area (Å²) in [6.45, 7) is 8.77. The molecule has 2 N–H and O–H groups in total. The highest BCUT2D eigenvalue weighted by Crippen LogP contribution is 2.43. The molecule has 4 saturated heterocycles. The highest BCUT2D eigenvalue weighted by Gasteiger charge is 2.42. The van der Waals surface area contributed by atoms with E-state index in [0.717, 1.165) is 59.6 Å². The summed E-state index contributed by atoms with van der Waals surface area (Å²) in [6, 6.07) is 14.3. The molecular formula is C44H54F3N11O6S3. The number of likely N-dealkylation sites (tertiary alicyclic amines) is 2. The number of anilines is 3. The quantitative estimate of drug-likeness (QED) is 0.159. The van der Waals surface area contributed by atoms with Gasteiger partial charge in [-0.25, -0.2) is 26.4 Å². The van der Waals surface area contributed by atoms with Crippen LogP contribution in [0.15, 0.2) is 67.0 Å². The van der Waals surface area contributed by atoms with Crippen molar-refractivity contribution in [2.45, 2.75) is 51.9 Å². The van der Waals surface area contributed by atoms with Crippen LogP contribution in [0, 0.1) is 18.3 Å². The molecule has 1 unspecified atom stereocenters. The van der Waals surface area contributed by atoms with Gasteiger partial charge in [0.1, 0.15) is 0 Å². The van der Waals surface area contributed by atoms with Crippen molar-refractivity contribution < 1.29 is 39.6 Å². The molecule has 4 fully saturated rings. The van der Waals surface area contributed by atoms with E-state index in [1.165, 1.54) is 57.2 Å². The number of aromatic nitrogens is 4. The Balaban J connectivity index is 0.773. The lowest BCUT2D eigenvalue weighted by Crippen LogP contribution is -2.49. The van der Waals surface area contributed by atoms with E-state index in [9.17, 15) is 39.6 Å². The van der Waals surface area contributed by atoms with Crippen molar-refractivity contribution in [2.24, 2.45) is 11.3 Å². The zero-order chi connectivity index (χ0) is 47.3. The second-order valence-corrected chi connectivity index (χ2v) is 23.1. The normalized spacial score (nSPS) is 19.8. The summed E-state index contributed by atoms with van der Waals surface area (Å²) in [6.07, 6.45) is 2.05. The van der Waals surface area contributed by atoms with Crippen molar-refractivity contribution in [1.29, 1.82) is 0 Å². The predicted octanol–water partition coefficient (Wildman–Crippen LogP) is 6.00. The van der Waals surface area contributed by atoms with Gasteiger partial charge in [-0.3, -0.25) is 19.2 Å². The second kappa shape index (κ2) is 18.4. The summed E-state index contributed by atoms with van der Waals surface area (Å²) in [5.41, 5.74) is 1.59. The number of rotatable bonds is 11. The molecule has 1 spiro atoms. The summed E-state index contributed by atoms with van der Waals surface area (Å²) in [4.78, 5) is 37.7. The molecule has 23 heteroatoms. The van der Waals surface area contributed by atoms with E-state index in [2.05, 4.69) is 48.5 Å². The number of hydrogen-bond donors (Lipinski definition) is 2. The molecule has 3 aromatic heterocycles. The number of piperidine rings is 1. The molecular weight excluding hydrogens is 932 g/mol. The molecule has 4 aliphatic rings. The van der Waals surface area contributed by atoms with Crippen LogP contribution in [0.25, 0.3) is 10.1 Å². The Morgan fingerprint density at radius 1 is 0.791 bits per heavy atom. The maximum absolute atomic E-state index is 14.1. The summed E-state index contributed by atoms with van der Waals surface area (Å²) in [5.74, 6) is -0.579. The first-order chi connectivity index (χ1) is 31.8. The SMILES string of the molecule is Cc1c(CN2CCN(C(=O)n3ccc(NS(=O)(=O)CC4CCN(c5cc(C(F)(F)F)ccc5CN5CCC6(CCN(C(=O)n7ccc(NS(C)(=O)=O)n7)CC6)C5)C4)n3)CC2)sc2ccccc12. The van der Waals surface area contributed by atoms with Gasteiger partial charge in [0.05, 0.1) is 17.6 Å². The number of halogens is 3. The summed E-state index contributed by atoms with van der Waals surface area (Å²) < 4.78 is 101.